The van der Waals surface area contributed by atoms with Gasteiger partial charge in [-0.1, -0.05) is 17.7 Å². The third-order valence-corrected chi connectivity index (χ3v) is 4.42. The molecule has 0 N–H and O–H groups in total. The normalized spacial score (nSPS) is 15.4. The number of nitrogens with zero attached hydrogens (tertiary/aromatic N) is 4. The van der Waals surface area contributed by atoms with E-state index >= 15 is 0 Å². The summed E-state index contributed by atoms with van der Waals surface area (Å²) in [7, 11) is 0. The zero-order chi connectivity index (χ0) is 19.4. The minimum Gasteiger partial charge on any atom is -0.352 e. The molecule has 0 aromatic carbocycles. The first-order valence-corrected chi connectivity index (χ1v) is 8.57. The standard InChI is InChI=1S/C18H16ClF3N4O/c19-15-10-14(18(20,21)22)12-24-17(15)26-8-6-25(7-9-26)16(27)4-3-13-2-1-5-23-11-13/h1-5,10-12H,6-9H2/b4-3+. The summed E-state index contributed by atoms with van der Waals surface area (Å²) < 4.78 is 38.1. The van der Waals surface area contributed by atoms with E-state index in [0.29, 0.717) is 32.0 Å². The molecule has 1 aliphatic rings. The lowest BCUT2D eigenvalue weighted by Crippen LogP contribution is -2.48. The number of anilines is 1. The lowest BCUT2D eigenvalue weighted by molar-refractivity contribution is -0.137. The number of aromatic nitrogens is 2. The highest BCUT2D eigenvalue weighted by Gasteiger charge is 2.32. The van der Waals surface area contributed by atoms with E-state index in [9.17, 15) is 18.0 Å². The van der Waals surface area contributed by atoms with E-state index in [4.69, 9.17) is 11.6 Å². The van der Waals surface area contributed by atoms with Crippen LogP contribution in [0, 0.1) is 0 Å². The fourth-order valence-electron chi connectivity index (χ4n) is 2.70. The first-order valence-electron chi connectivity index (χ1n) is 8.19. The van der Waals surface area contributed by atoms with Crippen molar-refractivity contribution in [1.29, 1.82) is 0 Å². The van der Waals surface area contributed by atoms with Crippen molar-refractivity contribution in [1.82, 2.24) is 14.9 Å². The van der Waals surface area contributed by atoms with Gasteiger partial charge in [0.25, 0.3) is 0 Å². The maximum Gasteiger partial charge on any atom is 0.417 e. The van der Waals surface area contributed by atoms with Gasteiger partial charge >= 0.3 is 6.18 Å². The third kappa shape index (κ3) is 4.77. The molecule has 27 heavy (non-hydrogen) atoms. The van der Waals surface area contributed by atoms with Crippen molar-refractivity contribution in [2.24, 2.45) is 0 Å². The van der Waals surface area contributed by atoms with Crippen LogP contribution >= 0.6 is 11.6 Å². The molecule has 0 radical (unpaired) electrons. The van der Waals surface area contributed by atoms with Gasteiger partial charge in [-0.3, -0.25) is 9.78 Å². The summed E-state index contributed by atoms with van der Waals surface area (Å²) >= 11 is 5.98. The highest BCUT2D eigenvalue weighted by Crippen LogP contribution is 2.33. The number of halogens is 4. The molecule has 1 amide bonds. The second-order valence-corrected chi connectivity index (χ2v) is 6.37. The Kier molecular flexibility index (Phi) is 5.65. The van der Waals surface area contributed by atoms with Crippen LogP contribution in [0.3, 0.4) is 0 Å². The molecular weight excluding hydrogens is 381 g/mol. The molecule has 142 valence electrons. The van der Waals surface area contributed by atoms with E-state index in [2.05, 4.69) is 9.97 Å². The Bertz CT molecular complexity index is 834. The summed E-state index contributed by atoms with van der Waals surface area (Å²) in [6.45, 7) is 1.72. The summed E-state index contributed by atoms with van der Waals surface area (Å²) in [5.74, 6) is 0.160. The zero-order valence-electron chi connectivity index (χ0n) is 14.2. The molecule has 1 saturated heterocycles. The Balaban J connectivity index is 1.60. The molecule has 1 fully saturated rings. The summed E-state index contributed by atoms with van der Waals surface area (Å²) in [5, 5.41) is -0.0546. The van der Waals surface area contributed by atoms with Gasteiger partial charge in [-0.2, -0.15) is 13.2 Å². The van der Waals surface area contributed by atoms with Crippen LogP contribution in [0.1, 0.15) is 11.1 Å². The van der Waals surface area contributed by atoms with Gasteiger partial charge in [0.05, 0.1) is 10.6 Å². The number of amides is 1. The van der Waals surface area contributed by atoms with Crippen LogP contribution in [0.15, 0.2) is 42.9 Å². The molecular formula is C18H16ClF3N4O. The Morgan fingerprint density at radius 1 is 1.19 bits per heavy atom. The fourth-order valence-corrected chi connectivity index (χ4v) is 2.99. The summed E-state index contributed by atoms with van der Waals surface area (Å²) in [6, 6.07) is 4.49. The van der Waals surface area contributed by atoms with Crippen molar-refractivity contribution < 1.29 is 18.0 Å². The lowest BCUT2D eigenvalue weighted by atomic mass is 10.2. The number of carbonyl (C=O) groups excluding carboxylic acids is 1. The molecule has 3 rings (SSSR count). The van der Waals surface area contributed by atoms with E-state index in [-0.39, 0.29) is 10.9 Å². The highest BCUT2D eigenvalue weighted by atomic mass is 35.5. The fraction of sp³-hybridized carbons (Fsp3) is 0.278. The maximum absolute atomic E-state index is 12.7. The molecule has 0 saturated carbocycles. The van der Waals surface area contributed by atoms with E-state index in [0.717, 1.165) is 17.8 Å². The van der Waals surface area contributed by atoms with Gasteiger partial charge in [0.15, 0.2) is 0 Å². The van der Waals surface area contributed by atoms with Crippen LogP contribution in [0.5, 0.6) is 0 Å². The minimum absolute atomic E-state index is 0.0546. The monoisotopic (exact) mass is 396 g/mol. The quantitative estimate of drug-likeness (QED) is 0.745. The van der Waals surface area contributed by atoms with Crippen molar-refractivity contribution in [3.8, 4) is 0 Å². The number of carbonyl (C=O) groups is 1. The number of rotatable bonds is 3. The Labute approximate surface area is 159 Å². The molecule has 0 atom stereocenters. The number of piperazine rings is 1. The summed E-state index contributed by atoms with van der Waals surface area (Å²) in [6.07, 6.45) is 2.76. The Hall–Kier alpha value is -2.61. The van der Waals surface area contributed by atoms with E-state index in [1.54, 1.807) is 34.3 Å². The molecule has 9 heteroatoms. The zero-order valence-corrected chi connectivity index (χ0v) is 14.9. The molecule has 0 aliphatic carbocycles. The molecule has 2 aromatic rings. The third-order valence-electron chi connectivity index (χ3n) is 4.14. The summed E-state index contributed by atoms with van der Waals surface area (Å²) in [5.41, 5.74) is -0.0594. The largest absolute Gasteiger partial charge is 0.417 e. The number of hydrogen-bond donors (Lipinski definition) is 0. The molecule has 0 bridgehead atoms. The molecule has 0 unspecified atom stereocenters. The van der Waals surface area contributed by atoms with E-state index in [1.165, 1.54) is 6.08 Å². The molecule has 0 spiro atoms. The van der Waals surface area contributed by atoms with Gasteiger partial charge in [-0.25, -0.2) is 4.98 Å². The van der Waals surface area contributed by atoms with Gasteiger partial charge < -0.3 is 9.80 Å². The second-order valence-electron chi connectivity index (χ2n) is 5.96. The molecule has 5 nitrogen and oxygen atoms in total. The smallest absolute Gasteiger partial charge is 0.352 e. The first kappa shape index (κ1) is 19.2. The number of hydrogen-bond acceptors (Lipinski definition) is 4. The average molecular weight is 397 g/mol. The van der Waals surface area contributed by atoms with Gasteiger partial charge in [0.2, 0.25) is 5.91 Å². The minimum atomic E-state index is -4.49. The van der Waals surface area contributed by atoms with Crippen LogP contribution in [0.25, 0.3) is 6.08 Å². The van der Waals surface area contributed by atoms with Gasteiger partial charge in [0, 0.05) is 50.8 Å². The second kappa shape index (κ2) is 7.96. The first-order chi connectivity index (χ1) is 12.8. The van der Waals surface area contributed by atoms with Crippen molar-refractivity contribution >= 4 is 29.4 Å². The van der Waals surface area contributed by atoms with Crippen molar-refractivity contribution in [3.05, 3.63) is 59.0 Å². The van der Waals surface area contributed by atoms with Crippen LogP contribution in [-0.2, 0) is 11.0 Å². The predicted octanol–water partition coefficient (Wildman–Crippen LogP) is 3.51. The predicted molar refractivity (Wildman–Crippen MR) is 96.3 cm³/mol. The molecule has 2 aromatic heterocycles. The van der Waals surface area contributed by atoms with Crippen molar-refractivity contribution in [3.63, 3.8) is 0 Å². The topological polar surface area (TPSA) is 49.3 Å². The number of alkyl halides is 3. The van der Waals surface area contributed by atoms with Crippen molar-refractivity contribution in [2.75, 3.05) is 31.1 Å². The lowest BCUT2D eigenvalue weighted by Gasteiger charge is -2.35. The Morgan fingerprint density at radius 2 is 1.93 bits per heavy atom. The van der Waals surface area contributed by atoms with Gasteiger partial charge in [-0.05, 0) is 23.8 Å². The SMILES string of the molecule is O=C(/C=C/c1cccnc1)N1CCN(c2ncc(C(F)(F)F)cc2Cl)CC1. The van der Waals surface area contributed by atoms with E-state index in [1.807, 2.05) is 6.07 Å². The summed E-state index contributed by atoms with van der Waals surface area (Å²) in [4.78, 5) is 23.6. The average Bonchev–Trinajstić information content (AvgIpc) is 2.66. The van der Waals surface area contributed by atoms with Crippen LogP contribution in [0.2, 0.25) is 5.02 Å². The Morgan fingerprint density at radius 3 is 2.52 bits per heavy atom. The van der Waals surface area contributed by atoms with Gasteiger partial charge in [-0.15, -0.1) is 0 Å². The maximum atomic E-state index is 12.7. The number of pyridine rings is 2. The van der Waals surface area contributed by atoms with Crippen LogP contribution in [0.4, 0.5) is 19.0 Å². The van der Waals surface area contributed by atoms with Crippen LogP contribution < -0.4 is 4.90 Å². The molecule has 1 aliphatic heterocycles. The highest BCUT2D eigenvalue weighted by molar-refractivity contribution is 6.33. The van der Waals surface area contributed by atoms with Crippen molar-refractivity contribution in [2.45, 2.75) is 6.18 Å². The van der Waals surface area contributed by atoms with Gasteiger partial charge in [0.1, 0.15) is 5.82 Å². The van der Waals surface area contributed by atoms with E-state index < -0.39 is 11.7 Å². The van der Waals surface area contributed by atoms with Crippen LogP contribution in [-0.4, -0.2) is 47.0 Å². The molecule has 3 heterocycles.